The normalized spacial score (nSPS) is 9.93. The number of hydrazine groups is 1. The Labute approximate surface area is 162 Å². The highest BCUT2D eigenvalue weighted by atomic mass is 31.0. The Morgan fingerprint density at radius 3 is 1.44 bits per heavy atom. The number of nitrogens with one attached hydrogen (secondary N) is 1. The standard InChI is InChI=1S/C22H22N2O.H2OP/c1-14-19(17-10-6-4-7-11-17)15(2)21(22(25)24-23)16(3)20(14)18-12-8-5-9-13-18;1-2/h4-13H,23H2,1-3H3,(H,24,25);2H2/q;+1. The summed E-state index contributed by atoms with van der Waals surface area (Å²) in [6, 6.07) is 20.3. The van der Waals surface area contributed by atoms with Gasteiger partial charge >= 0.3 is 9.12 Å². The van der Waals surface area contributed by atoms with Gasteiger partial charge in [-0.15, -0.1) is 0 Å². The number of carbonyl (C=O) groups is 1. The number of hydrogen-bond donors (Lipinski definition) is 2. The molecule has 5 heteroatoms. The molecule has 0 aliphatic rings. The predicted octanol–water partition coefficient (Wildman–Crippen LogP) is 4.76. The van der Waals surface area contributed by atoms with Crippen molar-refractivity contribution in [2.45, 2.75) is 20.8 Å². The number of rotatable bonds is 3. The lowest BCUT2D eigenvalue weighted by Crippen LogP contribution is -2.31. The number of carbonyl (C=O) groups excluding carboxylic acids is 1. The Morgan fingerprint density at radius 1 is 0.741 bits per heavy atom. The molecule has 3 aromatic carbocycles. The van der Waals surface area contributed by atoms with E-state index >= 15 is 0 Å². The van der Waals surface area contributed by atoms with Gasteiger partial charge in [-0.1, -0.05) is 65.2 Å². The van der Waals surface area contributed by atoms with Crippen molar-refractivity contribution in [3.8, 4) is 22.3 Å². The van der Waals surface area contributed by atoms with Crippen LogP contribution in [-0.2, 0) is 4.57 Å². The Hall–Kier alpha value is -2.81. The zero-order valence-corrected chi connectivity index (χ0v) is 16.9. The molecular formula is C22H24N2O2P+. The summed E-state index contributed by atoms with van der Waals surface area (Å²) in [5.74, 6) is 5.20. The van der Waals surface area contributed by atoms with Crippen LogP contribution in [0.3, 0.4) is 0 Å². The molecule has 1 amide bonds. The zero-order chi connectivity index (χ0) is 20.0. The smallest absolute Gasteiger partial charge is 0.290 e. The lowest BCUT2D eigenvalue weighted by molar-refractivity contribution is 0.0952. The molecule has 0 aromatic heterocycles. The third-order valence-corrected chi connectivity index (χ3v) is 4.73. The van der Waals surface area contributed by atoms with Gasteiger partial charge in [0.2, 0.25) is 0 Å². The Morgan fingerprint density at radius 2 is 1.11 bits per heavy atom. The number of amides is 1. The van der Waals surface area contributed by atoms with Crippen LogP contribution in [-0.4, -0.2) is 5.91 Å². The van der Waals surface area contributed by atoms with E-state index in [1.54, 1.807) is 0 Å². The molecule has 0 fully saturated rings. The molecule has 0 spiro atoms. The van der Waals surface area contributed by atoms with Gasteiger partial charge in [-0.3, -0.25) is 10.2 Å². The van der Waals surface area contributed by atoms with Crippen LogP contribution in [0.1, 0.15) is 27.0 Å². The molecule has 0 aliphatic heterocycles. The first-order chi connectivity index (χ1) is 13.1. The molecule has 0 radical (unpaired) electrons. The van der Waals surface area contributed by atoms with Crippen LogP contribution in [0.5, 0.6) is 0 Å². The van der Waals surface area contributed by atoms with Crippen LogP contribution in [0.4, 0.5) is 0 Å². The minimum absolute atomic E-state index is 0.260. The van der Waals surface area contributed by atoms with Crippen molar-refractivity contribution in [3.05, 3.63) is 82.9 Å². The molecule has 138 valence electrons. The largest absolute Gasteiger partial charge is 0.310 e. The van der Waals surface area contributed by atoms with E-state index in [0.29, 0.717) is 5.56 Å². The van der Waals surface area contributed by atoms with Gasteiger partial charge in [0.15, 0.2) is 0 Å². The predicted molar refractivity (Wildman–Crippen MR) is 114 cm³/mol. The summed E-state index contributed by atoms with van der Waals surface area (Å²) in [7, 11) is 1.17. The molecular weight excluding hydrogens is 355 g/mol. The summed E-state index contributed by atoms with van der Waals surface area (Å²) in [6.45, 7) is 6.10. The summed E-state index contributed by atoms with van der Waals surface area (Å²) in [5.41, 5.74) is 10.4. The highest BCUT2D eigenvalue weighted by molar-refractivity contribution is 7.00. The maximum atomic E-state index is 12.5. The monoisotopic (exact) mass is 379 g/mol. The van der Waals surface area contributed by atoms with Crippen molar-refractivity contribution in [2.24, 2.45) is 5.84 Å². The van der Waals surface area contributed by atoms with E-state index in [-0.39, 0.29) is 5.91 Å². The second kappa shape index (κ2) is 9.22. The zero-order valence-electron chi connectivity index (χ0n) is 15.7. The number of hydrogen-bond acceptors (Lipinski definition) is 3. The quantitative estimate of drug-likeness (QED) is 0.298. The Kier molecular flexibility index (Phi) is 7.00. The van der Waals surface area contributed by atoms with Gasteiger partial charge in [-0.2, -0.15) is 0 Å². The molecule has 1 unspecified atom stereocenters. The molecule has 3 rings (SSSR count). The highest BCUT2D eigenvalue weighted by Gasteiger charge is 2.22. The van der Waals surface area contributed by atoms with Crippen LogP contribution in [0, 0.1) is 20.8 Å². The van der Waals surface area contributed by atoms with Gasteiger partial charge < -0.3 is 0 Å². The molecule has 1 atom stereocenters. The van der Waals surface area contributed by atoms with E-state index in [2.05, 4.69) is 36.6 Å². The SMILES string of the molecule is Cc1c(C(=O)NN)c(C)c(-c2ccccc2)c(C)c1-c1ccccc1.O=[PH2+]. The van der Waals surface area contributed by atoms with Gasteiger partial charge in [0, 0.05) is 5.56 Å². The molecule has 0 aliphatic carbocycles. The molecule has 27 heavy (non-hydrogen) atoms. The van der Waals surface area contributed by atoms with E-state index in [0.717, 1.165) is 33.4 Å². The van der Waals surface area contributed by atoms with Crippen molar-refractivity contribution in [1.82, 2.24) is 5.43 Å². The molecule has 3 aromatic rings. The molecule has 0 saturated carbocycles. The molecule has 0 heterocycles. The van der Waals surface area contributed by atoms with Crippen LogP contribution in [0.25, 0.3) is 22.3 Å². The van der Waals surface area contributed by atoms with Crippen molar-refractivity contribution in [1.29, 1.82) is 0 Å². The van der Waals surface area contributed by atoms with E-state index in [4.69, 9.17) is 10.4 Å². The summed E-state index contributed by atoms with van der Waals surface area (Å²) in [6.07, 6.45) is 0. The Balaban J connectivity index is 0.00000126. The maximum Gasteiger partial charge on any atom is 0.310 e. The van der Waals surface area contributed by atoms with Gasteiger partial charge in [0.1, 0.15) is 0 Å². The minimum Gasteiger partial charge on any atom is -0.290 e. The van der Waals surface area contributed by atoms with E-state index < -0.39 is 0 Å². The third kappa shape index (κ3) is 3.97. The first-order valence-corrected chi connectivity index (χ1v) is 9.02. The van der Waals surface area contributed by atoms with Crippen molar-refractivity contribution < 1.29 is 9.36 Å². The highest BCUT2D eigenvalue weighted by Crippen LogP contribution is 2.39. The van der Waals surface area contributed by atoms with Crippen LogP contribution in [0.15, 0.2) is 60.7 Å². The number of nitrogen functional groups attached to an aromatic ring is 1. The number of nitrogens with two attached hydrogens (primary N) is 1. The lowest BCUT2D eigenvalue weighted by atomic mass is 9.82. The summed E-state index contributed by atoms with van der Waals surface area (Å²) < 4.78 is 8.17. The Bertz CT molecular complexity index is 875. The third-order valence-electron chi connectivity index (χ3n) is 4.73. The maximum absolute atomic E-state index is 12.5. The average Bonchev–Trinajstić information content (AvgIpc) is 2.71. The van der Waals surface area contributed by atoms with Gasteiger partial charge in [-0.05, 0) is 59.7 Å². The van der Waals surface area contributed by atoms with Gasteiger partial charge in [0.05, 0.1) is 0 Å². The number of benzene rings is 3. The minimum atomic E-state index is -0.260. The second-order valence-electron chi connectivity index (χ2n) is 6.21. The fourth-order valence-corrected chi connectivity index (χ4v) is 3.71. The molecule has 4 nitrogen and oxygen atoms in total. The second-order valence-corrected chi connectivity index (χ2v) is 6.21. The first-order valence-electron chi connectivity index (χ1n) is 8.55. The average molecular weight is 379 g/mol. The molecule has 3 N–H and O–H groups in total. The first kappa shape index (κ1) is 20.5. The van der Waals surface area contributed by atoms with Crippen LogP contribution in [0.2, 0.25) is 0 Å². The summed E-state index contributed by atoms with van der Waals surface area (Å²) >= 11 is 0. The summed E-state index contributed by atoms with van der Waals surface area (Å²) in [4.78, 5) is 12.5. The molecule has 0 bridgehead atoms. The lowest BCUT2D eigenvalue weighted by Gasteiger charge is -2.22. The fraction of sp³-hybridized carbons (Fsp3) is 0.136. The summed E-state index contributed by atoms with van der Waals surface area (Å²) in [5, 5.41) is 0. The molecule has 0 saturated heterocycles. The van der Waals surface area contributed by atoms with Crippen LogP contribution >= 0.6 is 9.12 Å². The fourth-order valence-electron chi connectivity index (χ4n) is 3.71. The van der Waals surface area contributed by atoms with Gasteiger partial charge in [-0.25, -0.2) is 5.84 Å². The van der Waals surface area contributed by atoms with Gasteiger partial charge in [0.25, 0.3) is 5.91 Å². The van der Waals surface area contributed by atoms with Crippen molar-refractivity contribution in [2.75, 3.05) is 0 Å². The van der Waals surface area contributed by atoms with E-state index in [9.17, 15) is 4.79 Å². The van der Waals surface area contributed by atoms with E-state index in [1.807, 2.05) is 50.2 Å². The van der Waals surface area contributed by atoms with E-state index in [1.165, 1.54) is 14.7 Å². The van der Waals surface area contributed by atoms with Crippen molar-refractivity contribution >= 4 is 15.0 Å². The van der Waals surface area contributed by atoms with Crippen molar-refractivity contribution in [3.63, 3.8) is 0 Å². The van der Waals surface area contributed by atoms with Crippen LogP contribution < -0.4 is 11.3 Å². The topological polar surface area (TPSA) is 72.2 Å².